The number of carboxylic acids is 1. The molecule has 0 unspecified atom stereocenters. The molecule has 9 N–H and O–H groups in total. The molecule has 282 valence electrons. The van der Waals surface area contributed by atoms with Gasteiger partial charge in [-0.2, -0.15) is 0 Å². The van der Waals surface area contributed by atoms with Gasteiger partial charge >= 0.3 is 27.0 Å². The zero-order valence-electron chi connectivity index (χ0n) is 29.7. The molecule has 50 heavy (non-hydrogen) atoms. The van der Waals surface area contributed by atoms with Crippen LogP contribution in [0.15, 0.2) is 85.1 Å². The number of fused-ring (bicyclic) bond motifs is 3. The Morgan fingerprint density at radius 2 is 1.08 bits per heavy atom. The third-order valence-electron chi connectivity index (χ3n) is 7.52. The van der Waals surface area contributed by atoms with Crippen LogP contribution in [0.1, 0.15) is 115 Å². The van der Waals surface area contributed by atoms with Crippen molar-refractivity contribution in [3.8, 4) is 0 Å². The fraction of sp³-hybridized carbons (Fsp3) is 0.474. The maximum atomic E-state index is 10.3. The molecule has 0 amide bonds. The van der Waals surface area contributed by atoms with E-state index in [1.54, 1.807) is 0 Å². The second kappa shape index (κ2) is 37.1. The van der Waals surface area contributed by atoms with E-state index in [1.165, 1.54) is 99.6 Å². The Balaban J connectivity index is -0.000000307. The number of unbranched alkanes of at least 4 members (excludes halogenated alkanes) is 14. The molecule has 3 aromatic carbocycles. The Morgan fingerprint density at radius 3 is 1.52 bits per heavy atom. The Morgan fingerprint density at radius 1 is 0.680 bits per heavy atom. The molecule has 0 radical (unpaired) electrons. The summed E-state index contributed by atoms with van der Waals surface area (Å²) in [5, 5.41) is 34.4. The van der Waals surface area contributed by atoms with E-state index in [0.717, 1.165) is 23.9 Å². The Bertz CT molecular complexity index is 1300. The van der Waals surface area contributed by atoms with E-state index in [9.17, 15) is 4.79 Å². The van der Waals surface area contributed by atoms with E-state index in [1.807, 2.05) is 54.7 Å². The van der Waals surface area contributed by atoms with Gasteiger partial charge in [0.05, 0.1) is 12.1 Å². The van der Waals surface area contributed by atoms with Crippen LogP contribution in [0.3, 0.4) is 0 Å². The van der Waals surface area contributed by atoms with Gasteiger partial charge in [0.25, 0.3) is 5.09 Å². The maximum absolute atomic E-state index is 10.3. The number of aliphatic carboxylic acids is 1. The molecule has 0 bridgehead atoms. The van der Waals surface area contributed by atoms with Crippen molar-refractivity contribution >= 4 is 27.6 Å². The van der Waals surface area contributed by atoms with Crippen molar-refractivity contribution in [1.82, 2.24) is 17.3 Å². The topological polar surface area (TPSA) is 204 Å². The van der Waals surface area contributed by atoms with Gasteiger partial charge in [-0.3, -0.25) is 9.78 Å². The second-order valence-electron chi connectivity index (χ2n) is 11.3. The summed E-state index contributed by atoms with van der Waals surface area (Å²) in [5.74, 6) is -0.653. The summed E-state index contributed by atoms with van der Waals surface area (Å²) in [6.07, 6.45) is 22.1. The van der Waals surface area contributed by atoms with Crippen LogP contribution in [0.5, 0.6) is 0 Å². The fourth-order valence-electron chi connectivity index (χ4n) is 5.04. The van der Waals surface area contributed by atoms with Crippen molar-refractivity contribution in [1.29, 1.82) is 0 Å². The predicted octanol–water partition coefficient (Wildman–Crippen LogP) is 7.88. The molecule has 0 aliphatic carbocycles. The molecule has 0 atom stereocenters. The quantitative estimate of drug-likeness (QED) is 0.0302. The van der Waals surface area contributed by atoms with Gasteiger partial charge in [-0.15, -0.1) is 10.1 Å². The van der Waals surface area contributed by atoms with E-state index in [2.05, 4.69) is 42.2 Å². The van der Waals surface area contributed by atoms with Crippen molar-refractivity contribution in [3.63, 3.8) is 0 Å². The van der Waals surface area contributed by atoms with Crippen LogP contribution in [-0.2, 0) is 32.5 Å². The zero-order valence-corrected chi connectivity index (χ0v) is 32.7. The van der Waals surface area contributed by atoms with Crippen LogP contribution in [-0.4, -0.2) is 31.5 Å². The molecule has 0 saturated heterocycles. The number of hydrogen-bond donors (Lipinski definition) is 5. The summed E-state index contributed by atoms with van der Waals surface area (Å²) < 4.78 is 0. The maximum Gasteiger partial charge on any atom is 4.00 e. The first-order valence-electron chi connectivity index (χ1n) is 16.8. The van der Waals surface area contributed by atoms with E-state index in [-0.39, 0.29) is 52.4 Å². The summed E-state index contributed by atoms with van der Waals surface area (Å²) in [5.41, 5.74) is 2.03. The van der Waals surface area contributed by atoms with Crippen molar-refractivity contribution in [3.05, 3.63) is 101 Å². The van der Waals surface area contributed by atoms with Gasteiger partial charge in [-0.1, -0.05) is 170 Å². The van der Waals surface area contributed by atoms with Crippen LogP contribution < -0.4 is 24.7 Å². The minimum atomic E-state index is -1.50. The average Bonchev–Trinajstić information content (AvgIpc) is 3.07. The van der Waals surface area contributed by atoms with Crippen molar-refractivity contribution in [2.45, 2.75) is 116 Å². The largest absolute Gasteiger partial charge is 4.00 e. The number of aliphatic hydroxyl groups is 1. The number of carboxylic acid groups (broad SMARTS) is 1. The monoisotopic (exact) mass is 898 g/mol. The van der Waals surface area contributed by atoms with E-state index >= 15 is 0 Å². The SMILES string of the molecule is CCCCCCCCCCCCCCCCCC(=O)O.N.N.O=[N+]([O-])O.OCc1ccccc1.[Cl-].[Pt+4].c1ccc2c(c1)cnc1ccccc12. The van der Waals surface area contributed by atoms with Gasteiger partial charge < -0.3 is 40.1 Å². The standard InChI is InChI=1S/C18H36O2.C13H9N.C7H8O.ClH.HNO3.2H3N.Pt/c1-2-3-4-5-6-7-8-9-10-11-12-13-14-15-16-17-18(19)20;1-2-6-11-10(5-1)9-14-13-8-4-3-7-12(11)13;8-6-7-4-2-1-3-5-7;;2-1(3)4;;;/h2-17H2,1H3,(H,19,20);1-9H;1-5,8H,6H2;1H;(H,2,3,4);2*1H3;/q;;;;;;;+4/p-1. The van der Waals surface area contributed by atoms with Gasteiger partial charge in [0.2, 0.25) is 0 Å². The van der Waals surface area contributed by atoms with Crippen molar-refractivity contribution in [2.24, 2.45) is 0 Å². The molecule has 1 aromatic heterocycles. The Labute approximate surface area is 319 Å². The number of aliphatic hydroxyl groups excluding tert-OH is 1. The summed E-state index contributed by atoms with van der Waals surface area (Å²) in [6.45, 7) is 2.41. The summed E-state index contributed by atoms with van der Waals surface area (Å²) in [7, 11) is 0. The molecule has 4 aromatic rings. The third kappa shape index (κ3) is 28.7. The van der Waals surface area contributed by atoms with Crippen LogP contribution in [0.2, 0.25) is 0 Å². The molecule has 0 aliphatic rings. The summed E-state index contributed by atoms with van der Waals surface area (Å²) >= 11 is 0. The van der Waals surface area contributed by atoms with E-state index < -0.39 is 11.1 Å². The van der Waals surface area contributed by atoms with Crippen LogP contribution >= 0.6 is 0 Å². The third-order valence-corrected chi connectivity index (χ3v) is 7.52. The first kappa shape index (κ1) is 53.6. The molecular formula is C38H60ClN4O6Pt+3. The molecule has 0 fully saturated rings. The summed E-state index contributed by atoms with van der Waals surface area (Å²) in [4.78, 5) is 23.1. The van der Waals surface area contributed by atoms with Gasteiger partial charge in [0, 0.05) is 23.4 Å². The van der Waals surface area contributed by atoms with Crippen LogP contribution in [0.4, 0.5) is 0 Å². The fourth-order valence-corrected chi connectivity index (χ4v) is 5.04. The first-order chi connectivity index (χ1) is 22.4. The average molecular weight is 899 g/mol. The number of para-hydroxylation sites is 1. The van der Waals surface area contributed by atoms with Gasteiger partial charge in [-0.25, -0.2) is 0 Å². The molecule has 12 heteroatoms. The molecule has 0 spiro atoms. The van der Waals surface area contributed by atoms with Crippen molar-refractivity contribution < 1.29 is 58.8 Å². The zero-order chi connectivity index (χ0) is 33.7. The smallest absolute Gasteiger partial charge is 1.00 e. The Kier molecular flexibility index (Phi) is 39.8. The number of benzene rings is 3. The molecule has 1 heterocycles. The van der Waals surface area contributed by atoms with E-state index in [0.29, 0.717) is 6.42 Å². The number of carbonyl (C=O) groups is 1. The Hall–Kier alpha value is -3.14. The number of pyridine rings is 1. The predicted molar refractivity (Wildman–Crippen MR) is 198 cm³/mol. The molecular weight excluding hydrogens is 839 g/mol. The molecule has 4 rings (SSSR count). The minimum absolute atomic E-state index is 0. The molecule has 0 aliphatic heterocycles. The summed E-state index contributed by atoms with van der Waals surface area (Å²) in [6, 6.07) is 26.1. The molecule has 10 nitrogen and oxygen atoms in total. The van der Waals surface area contributed by atoms with Crippen LogP contribution in [0, 0.1) is 10.1 Å². The number of nitrogens with zero attached hydrogens (tertiary/aromatic N) is 2. The minimum Gasteiger partial charge on any atom is -1.00 e. The van der Waals surface area contributed by atoms with Gasteiger partial charge in [0.15, 0.2) is 0 Å². The normalized spacial score (nSPS) is 9.32. The number of rotatable bonds is 17. The number of aromatic nitrogens is 1. The number of hydrogen-bond acceptors (Lipinski definition) is 7. The van der Waals surface area contributed by atoms with Crippen LogP contribution in [0.25, 0.3) is 21.7 Å². The van der Waals surface area contributed by atoms with E-state index in [4.69, 9.17) is 25.5 Å². The van der Waals surface area contributed by atoms with Gasteiger partial charge in [-0.05, 0) is 23.4 Å². The number of halogens is 1. The van der Waals surface area contributed by atoms with Crippen molar-refractivity contribution in [2.75, 3.05) is 0 Å². The second-order valence-corrected chi connectivity index (χ2v) is 11.3. The first-order valence-corrected chi connectivity index (χ1v) is 16.8. The molecule has 0 saturated carbocycles. The van der Waals surface area contributed by atoms with Gasteiger partial charge in [0.1, 0.15) is 0 Å².